The van der Waals surface area contributed by atoms with Crippen molar-refractivity contribution < 1.29 is 14.0 Å². The molecule has 0 saturated carbocycles. The number of furan rings is 1. The van der Waals surface area contributed by atoms with Crippen molar-refractivity contribution in [1.29, 1.82) is 0 Å². The third-order valence-electron chi connectivity index (χ3n) is 5.32. The predicted octanol–water partition coefficient (Wildman–Crippen LogP) is 2.06. The van der Waals surface area contributed by atoms with Crippen LogP contribution in [0.1, 0.15) is 42.6 Å². The van der Waals surface area contributed by atoms with Gasteiger partial charge in [0.1, 0.15) is 5.82 Å². The fourth-order valence-electron chi connectivity index (χ4n) is 3.70. The molecule has 1 saturated heterocycles. The maximum absolute atomic E-state index is 12.9. The highest BCUT2D eigenvalue weighted by atomic mass is 32.2. The first-order chi connectivity index (χ1) is 13.6. The van der Waals surface area contributed by atoms with Crippen molar-refractivity contribution in [3.63, 3.8) is 0 Å². The van der Waals surface area contributed by atoms with Crippen LogP contribution in [0.4, 0.5) is 0 Å². The lowest BCUT2D eigenvalue weighted by Crippen LogP contribution is -2.52. The minimum Gasteiger partial charge on any atom is -0.459 e. The van der Waals surface area contributed by atoms with E-state index in [2.05, 4.69) is 14.8 Å². The zero-order valence-corrected chi connectivity index (χ0v) is 16.9. The molecule has 0 unspecified atom stereocenters. The Bertz CT molecular complexity index is 827. The van der Waals surface area contributed by atoms with Gasteiger partial charge in [0.15, 0.2) is 10.9 Å². The van der Waals surface area contributed by atoms with E-state index < -0.39 is 0 Å². The van der Waals surface area contributed by atoms with E-state index in [1.54, 1.807) is 17.0 Å². The quantitative estimate of drug-likeness (QED) is 0.727. The molecule has 0 aromatic carbocycles. The topological polar surface area (TPSA) is 84.5 Å². The van der Waals surface area contributed by atoms with Crippen LogP contribution in [0.25, 0.3) is 0 Å². The largest absolute Gasteiger partial charge is 0.459 e. The molecular weight excluding hydrogens is 378 g/mol. The maximum Gasteiger partial charge on any atom is 0.289 e. The number of rotatable bonds is 4. The Labute approximate surface area is 168 Å². The van der Waals surface area contributed by atoms with Crippen molar-refractivity contribution in [3.05, 3.63) is 30.0 Å². The van der Waals surface area contributed by atoms with Gasteiger partial charge in [0.25, 0.3) is 5.91 Å². The van der Waals surface area contributed by atoms with Gasteiger partial charge in [0.2, 0.25) is 5.91 Å². The zero-order chi connectivity index (χ0) is 19.5. The zero-order valence-electron chi connectivity index (χ0n) is 16.0. The SMILES string of the molecule is C[C@@H](Sc1nnc2n1CCCCC2)C(=O)N1CCN(C(=O)c2ccco2)CC1. The van der Waals surface area contributed by atoms with Crippen LogP contribution in [0.5, 0.6) is 0 Å². The van der Waals surface area contributed by atoms with Gasteiger partial charge in [-0.25, -0.2) is 0 Å². The van der Waals surface area contributed by atoms with Gasteiger partial charge >= 0.3 is 0 Å². The Kier molecular flexibility index (Phi) is 5.70. The highest BCUT2D eigenvalue weighted by Gasteiger charge is 2.29. The Morgan fingerprint density at radius 3 is 2.61 bits per heavy atom. The summed E-state index contributed by atoms with van der Waals surface area (Å²) < 4.78 is 7.35. The average Bonchev–Trinajstić information content (AvgIpc) is 3.32. The standard InChI is InChI=1S/C19H25N5O3S/c1-14(28-19-21-20-16-7-3-2-4-8-24(16)19)17(25)22-9-11-23(12-10-22)18(26)15-6-5-13-27-15/h5-6,13-14H,2-4,7-12H2,1H3/t14-/m1/s1. The van der Waals surface area contributed by atoms with Crippen LogP contribution in [0.2, 0.25) is 0 Å². The summed E-state index contributed by atoms with van der Waals surface area (Å²) in [7, 11) is 0. The Morgan fingerprint density at radius 2 is 1.86 bits per heavy atom. The Morgan fingerprint density at radius 1 is 1.07 bits per heavy atom. The summed E-state index contributed by atoms with van der Waals surface area (Å²) in [5, 5.41) is 9.23. The number of hydrogen-bond donors (Lipinski definition) is 0. The van der Waals surface area contributed by atoms with Gasteiger partial charge in [-0.2, -0.15) is 0 Å². The van der Waals surface area contributed by atoms with Gasteiger partial charge in [-0.1, -0.05) is 18.2 Å². The number of hydrogen-bond acceptors (Lipinski definition) is 6. The summed E-state index contributed by atoms with van der Waals surface area (Å²) in [6.07, 6.45) is 5.95. The van der Waals surface area contributed by atoms with Crippen LogP contribution in [0.3, 0.4) is 0 Å². The maximum atomic E-state index is 12.9. The molecule has 4 heterocycles. The van der Waals surface area contributed by atoms with E-state index in [4.69, 9.17) is 4.42 Å². The van der Waals surface area contributed by atoms with Crippen molar-refractivity contribution >= 4 is 23.6 Å². The molecule has 2 aromatic rings. The van der Waals surface area contributed by atoms with E-state index in [9.17, 15) is 9.59 Å². The number of piperazine rings is 1. The molecule has 2 aliphatic rings. The number of carbonyl (C=O) groups excluding carboxylic acids is 2. The van der Waals surface area contributed by atoms with Crippen molar-refractivity contribution in [3.8, 4) is 0 Å². The molecule has 4 rings (SSSR count). The average molecular weight is 404 g/mol. The van der Waals surface area contributed by atoms with E-state index >= 15 is 0 Å². The third-order valence-corrected chi connectivity index (χ3v) is 6.38. The lowest BCUT2D eigenvalue weighted by Gasteiger charge is -2.35. The van der Waals surface area contributed by atoms with Crippen LogP contribution in [-0.4, -0.2) is 67.8 Å². The minimum absolute atomic E-state index is 0.0843. The van der Waals surface area contributed by atoms with Gasteiger partial charge in [0.05, 0.1) is 11.5 Å². The fraction of sp³-hybridized carbons (Fsp3) is 0.579. The van der Waals surface area contributed by atoms with E-state index in [1.165, 1.54) is 24.4 Å². The van der Waals surface area contributed by atoms with Gasteiger partial charge in [-0.05, 0) is 31.9 Å². The van der Waals surface area contributed by atoms with Crippen LogP contribution < -0.4 is 0 Å². The monoisotopic (exact) mass is 403 g/mol. The number of thioether (sulfide) groups is 1. The number of carbonyl (C=O) groups is 2. The number of amides is 2. The molecule has 0 spiro atoms. The summed E-state index contributed by atoms with van der Waals surface area (Å²) in [6, 6.07) is 3.37. The predicted molar refractivity (Wildman–Crippen MR) is 104 cm³/mol. The first kappa shape index (κ1) is 19.0. The summed E-state index contributed by atoms with van der Waals surface area (Å²) in [4.78, 5) is 28.8. The highest BCUT2D eigenvalue weighted by molar-refractivity contribution is 8.00. The second-order valence-corrected chi connectivity index (χ2v) is 8.52. The Balaban J connectivity index is 1.33. The summed E-state index contributed by atoms with van der Waals surface area (Å²) in [5.74, 6) is 1.34. The van der Waals surface area contributed by atoms with E-state index in [0.717, 1.165) is 36.8 Å². The number of aryl methyl sites for hydroxylation is 1. The van der Waals surface area contributed by atoms with E-state index in [-0.39, 0.29) is 17.1 Å². The first-order valence-corrected chi connectivity index (χ1v) is 10.7. The second-order valence-electron chi connectivity index (χ2n) is 7.22. The van der Waals surface area contributed by atoms with E-state index in [0.29, 0.717) is 31.9 Å². The molecule has 0 aliphatic carbocycles. The molecule has 1 atom stereocenters. The Hall–Kier alpha value is -2.29. The van der Waals surface area contributed by atoms with Crippen molar-refractivity contribution in [2.24, 2.45) is 0 Å². The minimum atomic E-state index is -0.233. The molecule has 0 N–H and O–H groups in total. The molecule has 2 aromatic heterocycles. The summed E-state index contributed by atoms with van der Waals surface area (Å²) >= 11 is 1.48. The van der Waals surface area contributed by atoms with E-state index in [1.807, 2.05) is 11.8 Å². The van der Waals surface area contributed by atoms with Crippen molar-refractivity contribution in [1.82, 2.24) is 24.6 Å². The van der Waals surface area contributed by atoms with Gasteiger partial charge < -0.3 is 18.8 Å². The number of fused-ring (bicyclic) bond motifs is 1. The van der Waals surface area contributed by atoms with Gasteiger partial charge in [-0.3, -0.25) is 9.59 Å². The second kappa shape index (κ2) is 8.38. The lowest BCUT2D eigenvalue weighted by atomic mass is 10.2. The molecule has 150 valence electrons. The van der Waals surface area contributed by atoms with Crippen molar-refractivity contribution in [2.75, 3.05) is 26.2 Å². The molecule has 28 heavy (non-hydrogen) atoms. The smallest absolute Gasteiger partial charge is 0.289 e. The molecule has 9 heteroatoms. The fourth-order valence-corrected chi connectivity index (χ4v) is 4.68. The third kappa shape index (κ3) is 3.94. The number of aromatic nitrogens is 3. The molecule has 0 bridgehead atoms. The molecule has 8 nitrogen and oxygen atoms in total. The molecule has 2 aliphatic heterocycles. The van der Waals surface area contributed by atoms with Gasteiger partial charge in [-0.15, -0.1) is 10.2 Å². The lowest BCUT2D eigenvalue weighted by molar-refractivity contribution is -0.131. The normalized spacial score (nSPS) is 18.5. The number of nitrogens with zero attached hydrogens (tertiary/aromatic N) is 5. The van der Waals surface area contributed by atoms with Crippen LogP contribution in [0.15, 0.2) is 28.0 Å². The van der Waals surface area contributed by atoms with Crippen LogP contribution >= 0.6 is 11.8 Å². The first-order valence-electron chi connectivity index (χ1n) is 9.84. The molecule has 1 fully saturated rings. The summed E-state index contributed by atoms with van der Waals surface area (Å²) in [5.41, 5.74) is 0. The van der Waals surface area contributed by atoms with Crippen molar-refractivity contribution in [2.45, 2.75) is 49.6 Å². The molecular formula is C19H25N5O3S. The van der Waals surface area contributed by atoms with Crippen LogP contribution in [0, 0.1) is 0 Å². The molecule has 2 amide bonds. The van der Waals surface area contributed by atoms with Gasteiger partial charge in [0, 0.05) is 39.1 Å². The summed E-state index contributed by atoms with van der Waals surface area (Å²) in [6.45, 7) is 4.96. The molecule has 0 radical (unpaired) electrons. The van der Waals surface area contributed by atoms with Crippen LogP contribution in [-0.2, 0) is 17.8 Å². The highest BCUT2D eigenvalue weighted by Crippen LogP contribution is 2.26.